The lowest BCUT2D eigenvalue weighted by molar-refractivity contribution is -0.146. The molecular weight excluding hydrogens is 291 g/mol. The molecule has 1 atom stereocenters. The number of hydrogen-bond acceptors (Lipinski definition) is 4. The molecule has 10 heteroatoms. The van der Waals surface area contributed by atoms with E-state index in [1.54, 1.807) is 0 Å². The summed E-state index contributed by atoms with van der Waals surface area (Å²) in [5.74, 6) is -6.37. The molecule has 0 aliphatic rings. The molecule has 1 aromatic carbocycles. The Morgan fingerprint density at radius 2 is 1.74 bits per heavy atom. The van der Waals surface area contributed by atoms with Crippen molar-refractivity contribution in [2.45, 2.75) is 11.0 Å². The molecule has 106 valence electrons. The zero-order valence-electron chi connectivity index (χ0n) is 9.10. The van der Waals surface area contributed by atoms with Gasteiger partial charge < -0.3 is 10.2 Å². The molecular formula is C9H8F3NO5S. The smallest absolute Gasteiger partial charge is 0.333 e. The average molecular weight is 299 g/mol. The number of rotatable bonds is 5. The third kappa shape index (κ3) is 3.66. The van der Waals surface area contributed by atoms with Gasteiger partial charge in [-0.05, 0) is 0 Å². The fraction of sp³-hybridized carbons (Fsp3) is 0.222. The highest BCUT2D eigenvalue weighted by atomic mass is 32.2. The highest BCUT2D eigenvalue weighted by Crippen LogP contribution is 2.19. The number of halogens is 3. The lowest BCUT2D eigenvalue weighted by Gasteiger charge is -2.10. The van der Waals surface area contributed by atoms with Crippen molar-refractivity contribution in [3.05, 3.63) is 29.6 Å². The van der Waals surface area contributed by atoms with Crippen molar-refractivity contribution in [3.63, 3.8) is 0 Å². The van der Waals surface area contributed by atoms with Gasteiger partial charge in [0.05, 0.1) is 0 Å². The topological polar surface area (TPSA) is 104 Å². The van der Waals surface area contributed by atoms with E-state index < -0.39 is 51.0 Å². The summed E-state index contributed by atoms with van der Waals surface area (Å²) in [5, 5.41) is 17.2. The van der Waals surface area contributed by atoms with E-state index in [1.165, 1.54) is 4.72 Å². The van der Waals surface area contributed by atoms with Crippen molar-refractivity contribution in [1.82, 2.24) is 4.72 Å². The number of hydrogen-bond donors (Lipinski definition) is 3. The first-order valence-corrected chi connectivity index (χ1v) is 6.18. The molecule has 1 aromatic rings. The van der Waals surface area contributed by atoms with E-state index in [1.807, 2.05) is 0 Å². The van der Waals surface area contributed by atoms with Crippen LogP contribution in [0.1, 0.15) is 0 Å². The second kappa shape index (κ2) is 5.55. The Bertz CT molecular complexity index is 581. The van der Waals surface area contributed by atoms with Crippen LogP contribution in [-0.2, 0) is 14.8 Å². The number of benzene rings is 1. The summed E-state index contributed by atoms with van der Waals surface area (Å²) < 4.78 is 63.5. The van der Waals surface area contributed by atoms with E-state index in [9.17, 15) is 26.4 Å². The normalized spacial score (nSPS) is 13.3. The zero-order valence-corrected chi connectivity index (χ0v) is 9.92. The van der Waals surface area contributed by atoms with Gasteiger partial charge in [0, 0.05) is 18.7 Å². The van der Waals surface area contributed by atoms with Crippen molar-refractivity contribution in [1.29, 1.82) is 0 Å². The highest BCUT2D eigenvalue weighted by molar-refractivity contribution is 7.89. The Labute approximate surface area is 105 Å². The van der Waals surface area contributed by atoms with Gasteiger partial charge in [-0.1, -0.05) is 0 Å². The van der Waals surface area contributed by atoms with Gasteiger partial charge in [0.2, 0.25) is 10.0 Å². The highest BCUT2D eigenvalue weighted by Gasteiger charge is 2.26. The van der Waals surface area contributed by atoms with Crippen LogP contribution in [0.5, 0.6) is 0 Å². The van der Waals surface area contributed by atoms with E-state index in [-0.39, 0.29) is 12.1 Å². The van der Waals surface area contributed by atoms with Crippen molar-refractivity contribution in [3.8, 4) is 0 Å². The Morgan fingerprint density at radius 3 is 2.16 bits per heavy atom. The van der Waals surface area contributed by atoms with Gasteiger partial charge in [0.15, 0.2) is 11.0 Å². The molecule has 0 aliphatic heterocycles. The van der Waals surface area contributed by atoms with Crippen LogP contribution in [0.15, 0.2) is 17.0 Å². The van der Waals surface area contributed by atoms with Gasteiger partial charge in [0.1, 0.15) is 17.5 Å². The molecule has 3 N–H and O–H groups in total. The van der Waals surface area contributed by atoms with Crippen molar-refractivity contribution >= 4 is 16.0 Å². The van der Waals surface area contributed by atoms with Gasteiger partial charge in [-0.25, -0.2) is 31.1 Å². The molecule has 1 rings (SSSR count). The average Bonchev–Trinajstić information content (AvgIpc) is 2.23. The molecule has 0 radical (unpaired) electrons. The molecule has 0 amide bonds. The fourth-order valence-corrected chi connectivity index (χ4v) is 2.29. The Balaban J connectivity index is 3.05. The van der Waals surface area contributed by atoms with Crippen LogP contribution in [-0.4, -0.2) is 37.2 Å². The van der Waals surface area contributed by atoms with Gasteiger partial charge in [-0.2, -0.15) is 0 Å². The largest absolute Gasteiger partial charge is 0.479 e. The molecule has 6 nitrogen and oxygen atoms in total. The number of aliphatic hydroxyl groups is 1. The number of nitrogens with one attached hydrogen (secondary N) is 1. The lowest BCUT2D eigenvalue weighted by atomic mass is 10.3. The van der Waals surface area contributed by atoms with E-state index in [2.05, 4.69) is 0 Å². The summed E-state index contributed by atoms with van der Waals surface area (Å²) in [4.78, 5) is 8.80. The molecule has 0 saturated carbocycles. The third-order valence-corrected chi connectivity index (χ3v) is 3.46. The second-order valence-corrected chi connectivity index (χ2v) is 5.11. The summed E-state index contributed by atoms with van der Waals surface area (Å²) >= 11 is 0. The van der Waals surface area contributed by atoms with Crippen LogP contribution in [0.2, 0.25) is 0 Å². The maximum atomic E-state index is 13.2. The first-order valence-electron chi connectivity index (χ1n) is 4.70. The monoisotopic (exact) mass is 299 g/mol. The molecule has 0 aromatic heterocycles. The standard InChI is InChI=1S/C9H8F3NO5S/c10-4-1-5(11)8(6(12)2-4)19(17,18)13-3-7(14)9(15)16/h1-2,7,13-14H,3H2,(H,15,16). The van der Waals surface area contributed by atoms with Crippen LogP contribution in [0, 0.1) is 17.5 Å². The van der Waals surface area contributed by atoms with Crippen LogP contribution in [0.25, 0.3) is 0 Å². The molecule has 0 heterocycles. The molecule has 0 aliphatic carbocycles. The minimum absolute atomic E-state index is 0.158. The molecule has 1 unspecified atom stereocenters. The quantitative estimate of drug-likeness (QED) is 0.700. The Morgan fingerprint density at radius 1 is 1.26 bits per heavy atom. The minimum Gasteiger partial charge on any atom is -0.479 e. The number of carboxylic acids is 1. The van der Waals surface area contributed by atoms with Gasteiger partial charge in [-0.15, -0.1) is 0 Å². The number of carbonyl (C=O) groups is 1. The molecule has 0 fully saturated rings. The summed E-state index contributed by atoms with van der Waals surface area (Å²) in [5.41, 5.74) is 0. The summed E-state index contributed by atoms with van der Waals surface area (Å²) in [6.45, 7) is -0.992. The summed E-state index contributed by atoms with van der Waals surface area (Å²) in [6.07, 6.45) is -2.08. The minimum atomic E-state index is -4.76. The maximum absolute atomic E-state index is 13.2. The number of aliphatic hydroxyl groups excluding tert-OH is 1. The SMILES string of the molecule is O=C(O)C(O)CNS(=O)(=O)c1c(F)cc(F)cc1F. The van der Waals surface area contributed by atoms with Crippen molar-refractivity contribution in [2.75, 3.05) is 6.54 Å². The molecule has 0 spiro atoms. The third-order valence-electron chi connectivity index (χ3n) is 1.98. The van der Waals surface area contributed by atoms with E-state index in [4.69, 9.17) is 10.2 Å². The van der Waals surface area contributed by atoms with Crippen LogP contribution in [0.4, 0.5) is 13.2 Å². The predicted octanol–water partition coefficient (Wildman–Crippen LogP) is -0.172. The van der Waals surface area contributed by atoms with Crippen LogP contribution >= 0.6 is 0 Å². The van der Waals surface area contributed by atoms with E-state index in [0.29, 0.717) is 0 Å². The first-order chi connectivity index (χ1) is 8.65. The Kier molecular flexibility index (Phi) is 4.50. The van der Waals surface area contributed by atoms with Gasteiger partial charge in [0.25, 0.3) is 0 Å². The number of aliphatic carboxylic acids is 1. The number of carboxylic acid groups (broad SMARTS) is 1. The van der Waals surface area contributed by atoms with Crippen LogP contribution in [0.3, 0.4) is 0 Å². The predicted molar refractivity (Wildman–Crippen MR) is 55.1 cm³/mol. The van der Waals surface area contributed by atoms with E-state index >= 15 is 0 Å². The second-order valence-electron chi connectivity index (χ2n) is 3.40. The Hall–Kier alpha value is -1.65. The maximum Gasteiger partial charge on any atom is 0.333 e. The summed E-state index contributed by atoms with van der Waals surface area (Å²) in [7, 11) is -4.76. The van der Waals surface area contributed by atoms with Gasteiger partial charge in [-0.3, -0.25) is 0 Å². The van der Waals surface area contributed by atoms with Gasteiger partial charge >= 0.3 is 5.97 Å². The van der Waals surface area contributed by atoms with Crippen molar-refractivity contribution < 1.29 is 36.6 Å². The lowest BCUT2D eigenvalue weighted by Crippen LogP contribution is -2.37. The fourth-order valence-electron chi connectivity index (χ4n) is 1.13. The van der Waals surface area contributed by atoms with Crippen LogP contribution < -0.4 is 4.72 Å². The molecule has 0 saturated heterocycles. The zero-order chi connectivity index (χ0) is 14.8. The number of sulfonamides is 1. The first kappa shape index (κ1) is 15.4. The molecule has 19 heavy (non-hydrogen) atoms. The van der Waals surface area contributed by atoms with Crippen molar-refractivity contribution in [2.24, 2.45) is 0 Å². The molecule has 0 bridgehead atoms. The summed E-state index contributed by atoms with van der Waals surface area (Å²) in [6, 6.07) is 0.316. The van der Waals surface area contributed by atoms with E-state index in [0.717, 1.165) is 0 Å².